The number of hydrogen-bond donors (Lipinski definition) is 0. The van der Waals surface area contributed by atoms with Crippen molar-refractivity contribution >= 4 is 17.5 Å². The Balaban J connectivity index is 2.26. The quantitative estimate of drug-likeness (QED) is 0.801. The Bertz CT molecular complexity index is 454. The fraction of sp³-hybridized carbons (Fsp3) is 0.188. The van der Waals surface area contributed by atoms with Gasteiger partial charge in [0.2, 0.25) is 0 Å². The number of rotatable bonds is 5. The number of carbonyl (C=O) groups excluding carboxylic acids is 1. The molecule has 0 fully saturated rings. The summed E-state index contributed by atoms with van der Waals surface area (Å²) in [6.07, 6.45) is 0. The Morgan fingerprint density at radius 3 is 1.78 bits per heavy atom. The smallest absolute Gasteiger partial charge is 0.139 e. The molecule has 2 aromatic rings. The van der Waals surface area contributed by atoms with Gasteiger partial charge in [0, 0.05) is 0 Å². The Morgan fingerprint density at radius 2 is 1.39 bits per heavy atom. The SMILES string of the molecule is CC(=O)CSC(c1ccccc1)c1ccccc1. The highest BCUT2D eigenvalue weighted by Gasteiger charge is 2.14. The zero-order chi connectivity index (χ0) is 12.8. The third-order valence-corrected chi connectivity index (χ3v) is 4.11. The summed E-state index contributed by atoms with van der Waals surface area (Å²) in [4.78, 5) is 11.2. The maximum absolute atomic E-state index is 11.2. The van der Waals surface area contributed by atoms with Gasteiger partial charge in [0.05, 0.1) is 11.0 Å². The first kappa shape index (κ1) is 12.9. The summed E-state index contributed by atoms with van der Waals surface area (Å²) >= 11 is 1.69. The number of Topliss-reactive ketones (excluding diaryl/α,β-unsaturated/α-hetero) is 1. The average Bonchev–Trinajstić information content (AvgIpc) is 2.41. The number of ketones is 1. The lowest BCUT2D eigenvalue weighted by Crippen LogP contribution is -2.01. The monoisotopic (exact) mass is 256 g/mol. The van der Waals surface area contributed by atoms with Crippen LogP contribution in [0.1, 0.15) is 23.3 Å². The van der Waals surface area contributed by atoms with Crippen molar-refractivity contribution in [3.63, 3.8) is 0 Å². The molecule has 0 aliphatic carbocycles. The first-order chi connectivity index (χ1) is 8.77. The van der Waals surface area contributed by atoms with Crippen molar-refractivity contribution in [3.8, 4) is 0 Å². The molecule has 0 amide bonds. The van der Waals surface area contributed by atoms with Crippen molar-refractivity contribution in [1.29, 1.82) is 0 Å². The molecule has 0 heterocycles. The molecule has 0 bridgehead atoms. The highest BCUT2D eigenvalue weighted by atomic mass is 32.2. The molecular formula is C16H16OS. The van der Waals surface area contributed by atoms with Crippen molar-refractivity contribution in [2.24, 2.45) is 0 Å². The lowest BCUT2D eigenvalue weighted by molar-refractivity contribution is -0.114. The lowest BCUT2D eigenvalue weighted by Gasteiger charge is -2.16. The Hall–Kier alpha value is -1.54. The predicted octanol–water partition coefficient (Wildman–Crippen LogP) is 4.10. The van der Waals surface area contributed by atoms with E-state index >= 15 is 0 Å². The van der Waals surface area contributed by atoms with Crippen molar-refractivity contribution in [1.82, 2.24) is 0 Å². The molecule has 1 nitrogen and oxygen atoms in total. The summed E-state index contributed by atoms with van der Waals surface area (Å²) in [5, 5.41) is 0.233. The van der Waals surface area contributed by atoms with Gasteiger partial charge < -0.3 is 0 Å². The fourth-order valence-corrected chi connectivity index (χ4v) is 2.94. The Morgan fingerprint density at radius 1 is 0.944 bits per heavy atom. The van der Waals surface area contributed by atoms with E-state index in [9.17, 15) is 4.79 Å². The van der Waals surface area contributed by atoms with Crippen LogP contribution in [0.15, 0.2) is 60.7 Å². The molecule has 18 heavy (non-hydrogen) atoms. The summed E-state index contributed by atoms with van der Waals surface area (Å²) in [5.41, 5.74) is 2.49. The highest BCUT2D eigenvalue weighted by Crippen LogP contribution is 2.35. The van der Waals surface area contributed by atoms with Gasteiger partial charge in [-0.3, -0.25) is 4.79 Å². The van der Waals surface area contributed by atoms with E-state index in [1.54, 1.807) is 18.7 Å². The maximum atomic E-state index is 11.2. The summed E-state index contributed by atoms with van der Waals surface area (Å²) in [5.74, 6) is 0.769. The van der Waals surface area contributed by atoms with E-state index in [0.717, 1.165) is 0 Å². The Labute approximate surface area is 112 Å². The van der Waals surface area contributed by atoms with E-state index in [2.05, 4.69) is 24.3 Å². The van der Waals surface area contributed by atoms with E-state index in [1.165, 1.54) is 11.1 Å². The number of carbonyl (C=O) groups is 1. The van der Waals surface area contributed by atoms with Crippen LogP contribution in [-0.2, 0) is 4.79 Å². The van der Waals surface area contributed by atoms with Crippen molar-refractivity contribution in [3.05, 3.63) is 71.8 Å². The zero-order valence-electron chi connectivity index (χ0n) is 10.4. The molecule has 2 aromatic carbocycles. The average molecular weight is 256 g/mol. The normalized spacial score (nSPS) is 10.6. The van der Waals surface area contributed by atoms with Crippen LogP contribution >= 0.6 is 11.8 Å². The third kappa shape index (κ3) is 3.47. The van der Waals surface area contributed by atoms with Crippen LogP contribution in [-0.4, -0.2) is 11.5 Å². The maximum Gasteiger partial charge on any atom is 0.139 e. The van der Waals surface area contributed by atoms with E-state index in [1.807, 2.05) is 36.4 Å². The lowest BCUT2D eigenvalue weighted by atomic mass is 10.0. The topological polar surface area (TPSA) is 17.1 Å². The molecule has 0 N–H and O–H groups in total. The second-order valence-electron chi connectivity index (χ2n) is 4.21. The van der Waals surface area contributed by atoms with Gasteiger partial charge >= 0.3 is 0 Å². The molecule has 0 atom stereocenters. The van der Waals surface area contributed by atoms with Gasteiger partial charge in [-0.2, -0.15) is 0 Å². The first-order valence-electron chi connectivity index (χ1n) is 5.98. The largest absolute Gasteiger partial charge is 0.299 e. The van der Waals surface area contributed by atoms with Gasteiger partial charge in [0.1, 0.15) is 5.78 Å². The zero-order valence-corrected chi connectivity index (χ0v) is 11.2. The van der Waals surface area contributed by atoms with Gasteiger partial charge in [0.15, 0.2) is 0 Å². The van der Waals surface area contributed by atoms with Crippen LogP contribution in [0.5, 0.6) is 0 Å². The molecule has 2 rings (SSSR count). The molecule has 0 aliphatic rings. The second-order valence-corrected chi connectivity index (χ2v) is 5.31. The molecule has 0 spiro atoms. The Kier molecular flexibility index (Phi) is 4.59. The highest BCUT2D eigenvalue weighted by molar-refractivity contribution is 8.00. The summed E-state index contributed by atoms with van der Waals surface area (Å²) in [6, 6.07) is 20.7. The summed E-state index contributed by atoms with van der Waals surface area (Å²) in [6.45, 7) is 1.64. The van der Waals surface area contributed by atoms with Crippen molar-refractivity contribution < 1.29 is 4.79 Å². The van der Waals surface area contributed by atoms with Crippen LogP contribution in [0, 0.1) is 0 Å². The molecule has 92 valence electrons. The molecule has 0 saturated heterocycles. The van der Waals surface area contributed by atoms with Crippen LogP contribution < -0.4 is 0 Å². The van der Waals surface area contributed by atoms with Gasteiger partial charge in [-0.05, 0) is 18.1 Å². The summed E-state index contributed by atoms with van der Waals surface area (Å²) < 4.78 is 0. The van der Waals surface area contributed by atoms with E-state index in [-0.39, 0.29) is 11.0 Å². The minimum absolute atomic E-state index is 0.219. The molecule has 0 aliphatic heterocycles. The third-order valence-electron chi connectivity index (χ3n) is 2.66. The van der Waals surface area contributed by atoms with Crippen molar-refractivity contribution in [2.45, 2.75) is 12.2 Å². The molecule has 0 radical (unpaired) electrons. The minimum Gasteiger partial charge on any atom is -0.299 e. The van der Waals surface area contributed by atoms with E-state index in [4.69, 9.17) is 0 Å². The number of hydrogen-bond acceptors (Lipinski definition) is 2. The number of benzene rings is 2. The molecule has 0 unspecified atom stereocenters. The standard InChI is InChI=1S/C16H16OS/c1-13(17)12-18-16(14-8-4-2-5-9-14)15-10-6-3-7-11-15/h2-11,16H,12H2,1H3. The molecule has 0 saturated carbocycles. The van der Waals surface area contributed by atoms with Gasteiger partial charge in [-0.25, -0.2) is 0 Å². The van der Waals surface area contributed by atoms with Crippen LogP contribution in [0.4, 0.5) is 0 Å². The fourth-order valence-electron chi connectivity index (χ4n) is 1.84. The second kappa shape index (κ2) is 6.41. The van der Waals surface area contributed by atoms with Gasteiger partial charge in [0.25, 0.3) is 0 Å². The van der Waals surface area contributed by atoms with Crippen LogP contribution in [0.3, 0.4) is 0 Å². The number of thioether (sulfide) groups is 1. The van der Waals surface area contributed by atoms with Gasteiger partial charge in [-0.15, -0.1) is 11.8 Å². The first-order valence-corrected chi connectivity index (χ1v) is 7.03. The van der Waals surface area contributed by atoms with Crippen LogP contribution in [0.25, 0.3) is 0 Å². The molecular weight excluding hydrogens is 240 g/mol. The predicted molar refractivity (Wildman–Crippen MR) is 77.9 cm³/mol. The van der Waals surface area contributed by atoms with E-state index < -0.39 is 0 Å². The summed E-state index contributed by atoms with van der Waals surface area (Å²) in [7, 11) is 0. The van der Waals surface area contributed by atoms with Crippen molar-refractivity contribution in [2.75, 3.05) is 5.75 Å². The van der Waals surface area contributed by atoms with E-state index in [0.29, 0.717) is 5.75 Å². The van der Waals surface area contributed by atoms with Gasteiger partial charge in [-0.1, -0.05) is 60.7 Å². The van der Waals surface area contributed by atoms with Crippen LogP contribution in [0.2, 0.25) is 0 Å². The molecule has 0 aromatic heterocycles. The minimum atomic E-state index is 0.219. The molecule has 2 heteroatoms.